The summed E-state index contributed by atoms with van der Waals surface area (Å²) in [4.78, 5) is 26.4. The van der Waals surface area contributed by atoms with Gasteiger partial charge in [-0.1, -0.05) is 61.3 Å². The lowest BCUT2D eigenvalue weighted by atomic mass is 10.1. The van der Waals surface area contributed by atoms with E-state index in [9.17, 15) is 9.59 Å². The van der Waals surface area contributed by atoms with Crippen molar-refractivity contribution in [2.45, 2.75) is 26.4 Å². The summed E-state index contributed by atoms with van der Waals surface area (Å²) in [7, 11) is 0. The van der Waals surface area contributed by atoms with Gasteiger partial charge in [0.15, 0.2) is 0 Å². The van der Waals surface area contributed by atoms with Gasteiger partial charge in [-0.25, -0.2) is 0 Å². The van der Waals surface area contributed by atoms with E-state index in [0.29, 0.717) is 28.8 Å². The maximum Gasteiger partial charge on any atom is 0.293 e. The maximum atomic E-state index is 12.5. The largest absolute Gasteiger partial charge is 0.488 e. The average molecular weight is 402 g/mol. The highest BCUT2D eigenvalue weighted by Gasteiger charge is 2.34. The summed E-state index contributed by atoms with van der Waals surface area (Å²) in [5.74, 6) is 0.400. The first-order valence-electron chi connectivity index (χ1n) is 8.80. The van der Waals surface area contributed by atoms with Gasteiger partial charge in [0.2, 0.25) is 0 Å². The van der Waals surface area contributed by atoms with E-state index in [-0.39, 0.29) is 11.1 Å². The van der Waals surface area contributed by atoms with Gasteiger partial charge in [0.05, 0.1) is 4.91 Å². The van der Waals surface area contributed by atoms with Gasteiger partial charge in [0.25, 0.3) is 11.1 Å². The zero-order valence-corrected chi connectivity index (χ0v) is 16.6. The summed E-state index contributed by atoms with van der Waals surface area (Å²) >= 11 is 7.15. The van der Waals surface area contributed by atoms with Crippen LogP contribution in [0.25, 0.3) is 6.08 Å². The minimum absolute atomic E-state index is 0.214. The molecule has 4 nitrogen and oxygen atoms in total. The van der Waals surface area contributed by atoms with Gasteiger partial charge in [0.1, 0.15) is 12.4 Å². The number of rotatable bonds is 7. The van der Waals surface area contributed by atoms with Gasteiger partial charge in [-0.2, -0.15) is 0 Å². The Bertz CT molecular complexity index is 881. The van der Waals surface area contributed by atoms with E-state index in [4.69, 9.17) is 16.3 Å². The van der Waals surface area contributed by atoms with Crippen LogP contribution in [0.3, 0.4) is 0 Å². The Labute approximate surface area is 168 Å². The summed E-state index contributed by atoms with van der Waals surface area (Å²) < 4.78 is 5.92. The molecule has 1 saturated heterocycles. The molecule has 0 saturated carbocycles. The quantitative estimate of drug-likeness (QED) is 0.553. The minimum atomic E-state index is -0.237. The van der Waals surface area contributed by atoms with E-state index < -0.39 is 0 Å². The SMILES string of the molecule is CCCCN1C(=O)S/C(=C\c2ccccc2OCc2ccccc2Cl)C1=O. The summed E-state index contributed by atoms with van der Waals surface area (Å²) in [5.41, 5.74) is 1.64. The van der Waals surface area contributed by atoms with Crippen molar-refractivity contribution in [2.24, 2.45) is 0 Å². The fourth-order valence-electron chi connectivity index (χ4n) is 2.65. The Morgan fingerprint density at radius 2 is 1.85 bits per heavy atom. The van der Waals surface area contributed by atoms with Gasteiger partial charge >= 0.3 is 0 Å². The molecule has 0 unspecified atom stereocenters. The topological polar surface area (TPSA) is 46.6 Å². The Morgan fingerprint density at radius 3 is 2.63 bits per heavy atom. The molecule has 2 aromatic carbocycles. The second-order valence-corrected chi connectivity index (χ2v) is 7.51. The van der Waals surface area contributed by atoms with Crippen molar-refractivity contribution < 1.29 is 14.3 Å². The van der Waals surface area contributed by atoms with Crippen LogP contribution in [-0.2, 0) is 11.4 Å². The third kappa shape index (κ3) is 4.73. The third-order valence-corrected chi connectivity index (χ3v) is 5.43. The van der Waals surface area contributed by atoms with Crippen molar-refractivity contribution in [3.8, 4) is 5.75 Å². The number of nitrogens with zero attached hydrogens (tertiary/aromatic N) is 1. The Morgan fingerprint density at radius 1 is 1.11 bits per heavy atom. The molecule has 0 radical (unpaired) electrons. The van der Waals surface area contributed by atoms with Crippen molar-refractivity contribution in [3.05, 3.63) is 69.6 Å². The first kappa shape index (κ1) is 19.5. The molecule has 0 spiro atoms. The highest BCUT2D eigenvalue weighted by Crippen LogP contribution is 2.34. The van der Waals surface area contributed by atoms with Crippen molar-refractivity contribution in [1.82, 2.24) is 4.90 Å². The molecule has 2 amide bonds. The number of benzene rings is 2. The lowest BCUT2D eigenvalue weighted by Gasteiger charge is -2.11. The van der Waals surface area contributed by atoms with Crippen LogP contribution in [0.15, 0.2) is 53.4 Å². The van der Waals surface area contributed by atoms with Crippen LogP contribution >= 0.6 is 23.4 Å². The molecule has 0 aromatic heterocycles. The monoisotopic (exact) mass is 401 g/mol. The Hall–Kier alpha value is -2.24. The number of para-hydroxylation sites is 1. The van der Waals surface area contributed by atoms with E-state index >= 15 is 0 Å². The minimum Gasteiger partial charge on any atom is -0.488 e. The normalized spacial score (nSPS) is 15.6. The summed E-state index contributed by atoms with van der Waals surface area (Å²) in [6, 6.07) is 14.9. The number of ether oxygens (including phenoxy) is 1. The Balaban J connectivity index is 1.78. The predicted octanol–water partition coefficient (Wildman–Crippen LogP) is 5.76. The van der Waals surface area contributed by atoms with Crippen LogP contribution < -0.4 is 4.74 Å². The van der Waals surface area contributed by atoms with Crippen molar-refractivity contribution >= 4 is 40.6 Å². The Kier molecular flexibility index (Phi) is 6.58. The number of halogens is 1. The van der Waals surface area contributed by atoms with E-state index in [1.807, 2.05) is 55.5 Å². The average Bonchev–Trinajstić information content (AvgIpc) is 2.93. The van der Waals surface area contributed by atoms with Gasteiger partial charge in [-0.3, -0.25) is 14.5 Å². The lowest BCUT2D eigenvalue weighted by molar-refractivity contribution is -0.122. The van der Waals surface area contributed by atoms with E-state index in [1.165, 1.54) is 4.90 Å². The predicted molar refractivity (Wildman–Crippen MR) is 110 cm³/mol. The summed E-state index contributed by atoms with van der Waals surface area (Å²) in [5, 5.41) is 0.432. The highest BCUT2D eigenvalue weighted by atomic mass is 35.5. The highest BCUT2D eigenvalue weighted by molar-refractivity contribution is 8.18. The number of imide groups is 1. The number of carbonyl (C=O) groups excluding carboxylic acids is 2. The molecule has 1 aliphatic heterocycles. The molecular formula is C21H20ClNO3S. The van der Waals surface area contributed by atoms with Crippen LogP contribution in [-0.4, -0.2) is 22.6 Å². The molecule has 27 heavy (non-hydrogen) atoms. The van der Waals surface area contributed by atoms with Gasteiger partial charge in [-0.05, 0) is 36.4 Å². The van der Waals surface area contributed by atoms with Gasteiger partial charge in [-0.15, -0.1) is 0 Å². The zero-order valence-electron chi connectivity index (χ0n) is 15.0. The summed E-state index contributed by atoms with van der Waals surface area (Å²) in [6.07, 6.45) is 3.46. The van der Waals surface area contributed by atoms with Gasteiger partial charge < -0.3 is 4.74 Å². The molecule has 3 rings (SSSR count). The van der Waals surface area contributed by atoms with Gasteiger partial charge in [0, 0.05) is 22.7 Å². The van der Waals surface area contributed by atoms with Crippen LogP contribution in [0, 0.1) is 0 Å². The molecule has 0 N–H and O–H groups in total. The number of unbranched alkanes of at least 4 members (excludes halogenated alkanes) is 1. The fourth-order valence-corrected chi connectivity index (χ4v) is 3.70. The number of hydrogen-bond acceptors (Lipinski definition) is 4. The molecule has 1 aliphatic rings. The first-order chi connectivity index (χ1) is 13.1. The molecule has 140 valence electrons. The molecule has 0 aliphatic carbocycles. The van der Waals surface area contributed by atoms with Crippen LogP contribution in [0.4, 0.5) is 4.79 Å². The van der Waals surface area contributed by atoms with E-state index in [2.05, 4.69) is 0 Å². The van der Waals surface area contributed by atoms with E-state index in [0.717, 1.165) is 35.7 Å². The van der Waals surface area contributed by atoms with Crippen molar-refractivity contribution in [1.29, 1.82) is 0 Å². The second kappa shape index (κ2) is 9.11. The molecule has 0 atom stereocenters. The van der Waals surface area contributed by atoms with Crippen LogP contribution in [0.5, 0.6) is 5.75 Å². The fraction of sp³-hybridized carbons (Fsp3) is 0.238. The second-order valence-electron chi connectivity index (χ2n) is 6.10. The first-order valence-corrected chi connectivity index (χ1v) is 10.00. The molecule has 1 fully saturated rings. The molecule has 6 heteroatoms. The molecule has 2 aromatic rings. The van der Waals surface area contributed by atoms with Crippen LogP contribution in [0.2, 0.25) is 5.02 Å². The number of thioether (sulfide) groups is 1. The van der Waals surface area contributed by atoms with Crippen LogP contribution in [0.1, 0.15) is 30.9 Å². The smallest absolute Gasteiger partial charge is 0.293 e. The van der Waals surface area contributed by atoms with Crippen molar-refractivity contribution in [3.63, 3.8) is 0 Å². The maximum absolute atomic E-state index is 12.5. The number of amides is 2. The molecular weight excluding hydrogens is 382 g/mol. The summed E-state index contributed by atoms with van der Waals surface area (Å²) in [6.45, 7) is 2.81. The zero-order chi connectivity index (χ0) is 19.2. The molecule has 1 heterocycles. The standard InChI is InChI=1S/C21H20ClNO3S/c1-2-3-12-23-20(24)19(27-21(23)25)13-15-8-5-7-11-18(15)26-14-16-9-4-6-10-17(16)22/h4-11,13H,2-3,12,14H2,1H3/b19-13-. The lowest BCUT2D eigenvalue weighted by Crippen LogP contribution is -2.29. The third-order valence-electron chi connectivity index (χ3n) is 4.16. The van der Waals surface area contributed by atoms with E-state index in [1.54, 1.807) is 6.08 Å². The number of carbonyl (C=O) groups is 2. The molecule has 0 bridgehead atoms. The van der Waals surface area contributed by atoms with Crippen molar-refractivity contribution in [2.75, 3.05) is 6.54 Å². The number of hydrogen-bond donors (Lipinski definition) is 0.